The Labute approximate surface area is 125 Å². The van der Waals surface area contributed by atoms with Crippen molar-refractivity contribution in [2.75, 3.05) is 20.3 Å². The van der Waals surface area contributed by atoms with Crippen LogP contribution < -0.4 is 0 Å². The van der Waals surface area contributed by atoms with E-state index in [0.29, 0.717) is 6.61 Å². The Balaban J connectivity index is 2.23. The van der Waals surface area contributed by atoms with Crippen LogP contribution in [0.25, 0.3) is 5.57 Å². The molecule has 0 spiro atoms. The van der Waals surface area contributed by atoms with Crippen molar-refractivity contribution >= 4 is 5.57 Å². The van der Waals surface area contributed by atoms with Crippen molar-refractivity contribution in [3.8, 4) is 6.07 Å². The Bertz CT molecular complexity index is 641. The number of nitrogens with zero attached hydrogens (tertiary/aromatic N) is 1. The van der Waals surface area contributed by atoms with Crippen molar-refractivity contribution in [3.63, 3.8) is 0 Å². The lowest BCUT2D eigenvalue weighted by atomic mass is 9.36. The minimum Gasteiger partial charge on any atom is -0.396 e. The van der Waals surface area contributed by atoms with Gasteiger partial charge in [-0.05, 0) is 28.0 Å². The molecule has 2 aliphatic rings. The third-order valence-corrected chi connectivity index (χ3v) is 5.63. The van der Waals surface area contributed by atoms with Crippen LogP contribution in [0.15, 0.2) is 30.3 Å². The third kappa shape index (κ3) is 1.55. The lowest BCUT2D eigenvalue weighted by molar-refractivity contribution is -0.0970. The molecule has 0 unspecified atom stereocenters. The second-order valence-electron chi connectivity index (χ2n) is 6.63. The summed E-state index contributed by atoms with van der Waals surface area (Å²) >= 11 is 0. The summed E-state index contributed by atoms with van der Waals surface area (Å²) in [6, 6.07) is 10.7. The molecule has 3 rings (SSSR count). The van der Waals surface area contributed by atoms with E-state index in [-0.39, 0.29) is 23.9 Å². The van der Waals surface area contributed by atoms with Gasteiger partial charge in [-0.15, -0.1) is 0 Å². The maximum absolute atomic E-state index is 9.99. The van der Waals surface area contributed by atoms with Crippen LogP contribution in [-0.2, 0) is 10.2 Å². The first-order valence-electron chi connectivity index (χ1n) is 7.36. The van der Waals surface area contributed by atoms with Crippen LogP contribution in [0.4, 0.5) is 0 Å². The number of rotatable bonds is 3. The van der Waals surface area contributed by atoms with Crippen molar-refractivity contribution in [2.24, 2.45) is 17.3 Å². The maximum Gasteiger partial charge on any atom is 0.0948 e. The van der Waals surface area contributed by atoms with E-state index in [9.17, 15) is 10.4 Å². The summed E-state index contributed by atoms with van der Waals surface area (Å²) in [6.45, 7) is 4.84. The standard InChI is InChI=1S/C18H21NO2/c1-17(2)16(9-20)15-8-12(10-21-3)13-6-4-5-7-14(13)18(15,17)11-19/h4-8,15-16,20H,9-10H2,1-3H3/t15-,16+,18-/m0/s1. The predicted octanol–water partition coefficient (Wildman–Crippen LogP) is 2.76. The number of aliphatic hydroxyl groups is 1. The first-order chi connectivity index (χ1) is 10.0. The largest absolute Gasteiger partial charge is 0.396 e. The topological polar surface area (TPSA) is 53.2 Å². The van der Waals surface area contributed by atoms with Gasteiger partial charge in [0.1, 0.15) is 0 Å². The van der Waals surface area contributed by atoms with Crippen LogP contribution in [0.1, 0.15) is 25.0 Å². The lowest BCUT2D eigenvalue weighted by Gasteiger charge is -2.64. The number of fused-ring (bicyclic) bond motifs is 3. The third-order valence-electron chi connectivity index (χ3n) is 5.63. The van der Waals surface area contributed by atoms with Gasteiger partial charge < -0.3 is 9.84 Å². The molecule has 0 saturated heterocycles. The molecule has 1 fully saturated rings. The lowest BCUT2D eigenvalue weighted by Crippen LogP contribution is -2.66. The zero-order valence-corrected chi connectivity index (χ0v) is 12.8. The van der Waals surface area contributed by atoms with E-state index in [0.717, 1.165) is 16.7 Å². The molecule has 1 aromatic carbocycles. The predicted molar refractivity (Wildman–Crippen MR) is 81.4 cm³/mol. The second kappa shape index (κ2) is 4.69. The van der Waals surface area contributed by atoms with Crippen molar-refractivity contribution in [1.82, 2.24) is 0 Å². The molecule has 3 heteroatoms. The van der Waals surface area contributed by atoms with E-state index >= 15 is 0 Å². The summed E-state index contributed by atoms with van der Waals surface area (Å²) in [5, 5.41) is 19.8. The Morgan fingerprint density at radius 3 is 2.67 bits per heavy atom. The fraction of sp³-hybridized carbons (Fsp3) is 0.500. The van der Waals surface area contributed by atoms with Crippen molar-refractivity contribution < 1.29 is 9.84 Å². The maximum atomic E-state index is 9.99. The molecule has 3 atom stereocenters. The van der Waals surface area contributed by atoms with Crippen LogP contribution in [0.3, 0.4) is 0 Å². The Morgan fingerprint density at radius 1 is 1.33 bits per heavy atom. The van der Waals surface area contributed by atoms with Crippen LogP contribution in [-0.4, -0.2) is 25.4 Å². The van der Waals surface area contributed by atoms with Crippen molar-refractivity contribution in [1.29, 1.82) is 5.26 Å². The summed E-state index contributed by atoms with van der Waals surface area (Å²) in [5.74, 6) is 0.167. The molecule has 110 valence electrons. The monoisotopic (exact) mass is 283 g/mol. The molecular weight excluding hydrogens is 262 g/mol. The molecule has 0 aliphatic heterocycles. The quantitative estimate of drug-likeness (QED) is 0.928. The van der Waals surface area contributed by atoms with Gasteiger partial charge in [-0.1, -0.05) is 44.2 Å². The van der Waals surface area contributed by atoms with Gasteiger partial charge in [-0.25, -0.2) is 0 Å². The molecule has 1 saturated carbocycles. The number of hydrogen-bond acceptors (Lipinski definition) is 3. The zero-order valence-electron chi connectivity index (χ0n) is 12.8. The molecule has 0 aromatic heterocycles. The average Bonchev–Trinajstić information content (AvgIpc) is 2.47. The molecular formula is C18H21NO2. The van der Waals surface area contributed by atoms with E-state index < -0.39 is 5.41 Å². The summed E-state index contributed by atoms with van der Waals surface area (Å²) in [6.07, 6.45) is 2.15. The number of benzene rings is 1. The highest BCUT2D eigenvalue weighted by Crippen LogP contribution is 2.67. The average molecular weight is 283 g/mol. The van der Waals surface area contributed by atoms with E-state index in [1.165, 1.54) is 0 Å². The number of methoxy groups -OCH3 is 1. The molecule has 3 nitrogen and oxygen atoms in total. The fourth-order valence-corrected chi connectivity index (χ4v) is 4.46. The summed E-state index contributed by atoms with van der Waals surface area (Å²) in [7, 11) is 1.68. The van der Waals surface area contributed by atoms with Crippen LogP contribution in [0.2, 0.25) is 0 Å². The molecule has 0 heterocycles. The first-order valence-corrected chi connectivity index (χ1v) is 7.36. The van der Waals surface area contributed by atoms with E-state index in [1.807, 2.05) is 12.1 Å². The number of hydrogen-bond donors (Lipinski definition) is 1. The summed E-state index contributed by atoms with van der Waals surface area (Å²) in [4.78, 5) is 0. The Kier molecular flexibility index (Phi) is 3.20. The Morgan fingerprint density at radius 2 is 2.05 bits per heavy atom. The molecule has 0 bridgehead atoms. The van der Waals surface area contributed by atoms with Gasteiger partial charge in [0, 0.05) is 19.6 Å². The van der Waals surface area contributed by atoms with Gasteiger partial charge >= 0.3 is 0 Å². The second-order valence-corrected chi connectivity index (χ2v) is 6.63. The van der Waals surface area contributed by atoms with Crippen molar-refractivity contribution in [2.45, 2.75) is 19.3 Å². The minimum absolute atomic E-state index is 0.0579. The van der Waals surface area contributed by atoms with Crippen LogP contribution in [0, 0.1) is 28.6 Å². The fourth-order valence-electron chi connectivity index (χ4n) is 4.46. The normalized spacial score (nSPS) is 32.2. The number of nitriles is 1. The van der Waals surface area contributed by atoms with Gasteiger partial charge in [0.15, 0.2) is 0 Å². The van der Waals surface area contributed by atoms with E-state index in [1.54, 1.807) is 7.11 Å². The van der Waals surface area contributed by atoms with E-state index in [4.69, 9.17) is 4.74 Å². The van der Waals surface area contributed by atoms with Gasteiger partial charge in [-0.2, -0.15) is 5.26 Å². The summed E-state index contributed by atoms with van der Waals surface area (Å²) < 4.78 is 5.32. The van der Waals surface area contributed by atoms with Crippen LogP contribution >= 0.6 is 0 Å². The van der Waals surface area contributed by atoms with Gasteiger partial charge in [0.25, 0.3) is 0 Å². The molecule has 1 aromatic rings. The number of aliphatic hydroxyl groups excluding tert-OH is 1. The SMILES string of the molecule is COCC1=C[C@H]2[C@@H](CO)C(C)(C)[C@@]2(C#N)c2ccccc21. The summed E-state index contributed by atoms with van der Waals surface area (Å²) in [5.41, 5.74) is 2.53. The highest BCUT2D eigenvalue weighted by atomic mass is 16.5. The molecule has 2 aliphatic carbocycles. The van der Waals surface area contributed by atoms with Gasteiger partial charge in [-0.3, -0.25) is 0 Å². The van der Waals surface area contributed by atoms with E-state index in [2.05, 4.69) is 38.1 Å². The zero-order chi connectivity index (χ0) is 15.3. The molecule has 0 amide bonds. The highest BCUT2D eigenvalue weighted by Gasteiger charge is 2.68. The molecule has 0 radical (unpaired) electrons. The van der Waals surface area contributed by atoms with Gasteiger partial charge in [0.05, 0.1) is 18.1 Å². The number of ether oxygens (including phenoxy) is 1. The van der Waals surface area contributed by atoms with Gasteiger partial charge in [0.2, 0.25) is 0 Å². The van der Waals surface area contributed by atoms with Crippen LogP contribution in [0.5, 0.6) is 0 Å². The molecule has 1 N–H and O–H groups in total. The van der Waals surface area contributed by atoms with Crippen molar-refractivity contribution in [3.05, 3.63) is 41.5 Å². The molecule has 21 heavy (non-hydrogen) atoms. The smallest absolute Gasteiger partial charge is 0.0948 e. The minimum atomic E-state index is -0.547. The number of allylic oxidation sites excluding steroid dienone is 1. The highest BCUT2D eigenvalue weighted by molar-refractivity contribution is 5.76. The first kappa shape index (κ1) is 14.3. The Hall–Kier alpha value is -1.63.